The number of nitrogens with zero attached hydrogens (tertiary/aromatic N) is 3. The summed E-state index contributed by atoms with van der Waals surface area (Å²) in [4.78, 5) is 0. The molecule has 2 aromatic rings. The fourth-order valence-corrected chi connectivity index (χ4v) is 1.27. The molecule has 0 N–H and O–H groups in total. The Labute approximate surface area is 83.0 Å². The van der Waals surface area contributed by atoms with Crippen molar-refractivity contribution in [2.24, 2.45) is 0 Å². The minimum absolute atomic E-state index is 0.359. The molecule has 0 saturated heterocycles. The summed E-state index contributed by atoms with van der Waals surface area (Å²) in [6, 6.07) is 6.98. The Kier molecular flexibility index (Phi) is 2.02. The molecule has 0 fully saturated rings. The monoisotopic (exact) mass is 238 g/mol. The summed E-state index contributed by atoms with van der Waals surface area (Å²) in [7, 11) is 0. The minimum atomic E-state index is -0.359. The van der Waals surface area contributed by atoms with E-state index in [4.69, 9.17) is 0 Å². The number of rotatable bonds is 1. The van der Waals surface area contributed by atoms with Gasteiger partial charge in [0.15, 0.2) is 0 Å². The normalized spacial score (nSPS) is 10.2. The molecule has 4 nitrogen and oxygen atoms in total. The highest BCUT2D eigenvalue weighted by atomic mass is 79.9. The van der Waals surface area contributed by atoms with Crippen LogP contribution in [0.1, 0.15) is 0 Å². The van der Waals surface area contributed by atoms with Crippen LogP contribution in [0.15, 0.2) is 35.1 Å². The maximum atomic E-state index is 11.1. The number of aromatic nitrogens is 3. The molecule has 0 unspecified atom stereocenters. The summed E-state index contributed by atoms with van der Waals surface area (Å²) >= 11 is 3.31. The van der Waals surface area contributed by atoms with Gasteiger partial charge in [-0.2, -0.15) is 0 Å². The maximum absolute atomic E-state index is 11.1. The standard InChI is InChI=1S/C8H5BrN3O/c9-6-1-3-7(4-2-6)12-5-10-11-8(12)13/h1-5H. The summed E-state index contributed by atoms with van der Waals surface area (Å²) in [6.07, 6.45) is 1.39. The summed E-state index contributed by atoms with van der Waals surface area (Å²) in [5, 5.41) is 18.0. The Morgan fingerprint density at radius 2 is 1.92 bits per heavy atom. The molecule has 65 valence electrons. The number of halogens is 1. The van der Waals surface area contributed by atoms with Gasteiger partial charge in [0.2, 0.25) is 0 Å². The van der Waals surface area contributed by atoms with Gasteiger partial charge in [-0.15, -0.1) is 5.10 Å². The Bertz CT molecular complexity index is 410. The van der Waals surface area contributed by atoms with E-state index < -0.39 is 0 Å². The van der Waals surface area contributed by atoms with E-state index in [1.807, 2.05) is 24.3 Å². The zero-order chi connectivity index (χ0) is 9.26. The zero-order valence-corrected chi connectivity index (χ0v) is 8.10. The third kappa shape index (κ3) is 1.55. The first-order valence-corrected chi connectivity index (χ1v) is 4.39. The van der Waals surface area contributed by atoms with Gasteiger partial charge in [-0.3, -0.25) is 0 Å². The second-order valence-corrected chi connectivity index (χ2v) is 3.38. The van der Waals surface area contributed by atoms with Crippen molar-refractivity contribution in [3.63, 3.8) is 0 Å². The van der Waals surface area contributed by atoms with Crippen molar-refractivity contribution < 1.29 is 5.11 Å². The van der Waals surface area contributed by atoms with Crippen LogP contribution in [-0.4, -0.2) is 14.8 Å². The molecule has 0 spiro atoms. The first-order valence-electron chi connectivity index (χ1n) is 3.60. The van der Waals surface area contributed by atoms with Crippen molar-refractivity contribution in [2.45, 2.75) is 0 Å². The van der Waals surface area contributed by atoms with E-state index in [1.54, 1.807) is 0 Å². The molecule has 1 aromatic heterocycles. The molecule has 0 aliphatic rings. The van der Waals surface area contributed by atoms with Crippen LogP contribution in [0.2, 0.25) is 0 Å². The molecular formula is C8H5BrN3O. The average molecular weight is 239 g/mol. The lowest BCUT2D eigenvalue weighted by Gasteiger charge is -1.99. The summed E-state index contributed by atoms with van der Waals surface area (Å²) in [5.74, 6) is 0. The van der Waals surface area contributed by atoms with Crippen LogP contribution in [0.3, 0.4) is 0 Å². The second-order valence-electron chi connectivity index (χ2n) is 2.46. The van der Waals surface area contributed by atoms with Crippen LogP contribution in [0.25, 0.3) is 5.69 Å². The largest absolute Gasteiger partial charge is 0.372 e. The fraction of sp³-hybridized carbons (Fsp3) is 0. The highest BCUT2D eigenvalue weighted by Crippen LogP contribution is 2.17. The lowest BCUT2D eigenvalue weighted by molar-refractivity contribution is 0.311. The van der Waals surface area contributed by atoms with Crippen molar-refractivity contribution in [3.05, 3.63) is 35.1 Å². The van der Waals surface area contributed by atoms with Crippen molar-refractivity contribution in [3.8, 4) is 11.7 Å². The lowest BCUT2D eigenvalue weighted by atomic mass is 10.3. The van der Waals surface area contributed by atoms with Gasteiger partial charge in [0.05, 0.1) is 5.69 Å². The highest BCUT2D eigenvalue weighted by Gasteiger charge is 2.04. The number of hydrogen-bond acceptors (Lipinski definition) is 2. The van der Waals surface area contributed by atoms with E-state index >= 15 is 0 Å². The summed E-state index contributed by atoms with van der Waals surface area (Å²) in [6.45, 7) is 0. The van der Waals surface area contributed by atoms with Crippen molar-refractivity contribution >= 4 is 15.9 Å². The predicted molar refractivity (Wildman–Crippen MR) is 49.2 cm³/mol. The fourth-order valence-electron chi connectivity index (χ4n) is 1.00. The van der Waals surface area contributed by atoms with Gasteiger partial charge in [-0.1, -0.05) is 21.0 Å². The Morgan fingerprint density at radius 1 is 1.23 bits per heavy atom. The first-order chi connectivity index (χ1) is 6.27. The van der Waals surface area contributed by atoms with Crippen LogP contribution in [0.4, 0.5) is 0 Å². The Morgan fingerprint density at radius 3 is 2.46 bits per heavy atom. The zero-order valence-electron chi connectivity index (χ0n) is 6.51. The average Bonchev–Trinajstić information content (AvgIpc) is 2.53. The molecule has 1 aromatic carbocycles. The molecule has 5 heteroatoms. The molecule has 0 amide bonds. The van der Waals surface area contributed by atoms with E-state index in [9.17, 15) is 5.11 Å². The molecule has 0 aliphatic heterocycles. The van der Waals surface area contributed by atoms with E-state index in [2.05, 4.69) is 26.1 Å². The van der Waals surface area contributed by atoms with Gasteiger partial charge < -0.3 is 0 Å². The molecule has 0 atom stereocenters. The Hall–Kier alpha value is -1.36. The van der Waals surface area contributed by atoms with Gasteiger partial charge in [-0.25, -0.2) is 9.67 Å². The van der Waals surface area contributed by atoms with Gasteiger partial charge in [-0.05, 0) is 24.3 Å². The number of hydrogen-bond donors (Lipinski definition) is 0. The van der Waals surface area contributed by atoms with E-state index in [0.29, 0.717) is 0 Å². The quantitative estimate of drug-likeness (QED) is 0.765. The first kappa shape index (κ1) is 8.25. The predicted octanol–water partition coefficient (Wildman–Crippen LogP) is 2.17. The summed E-state index contributed by atoms with van der Waals surface area (Å²) in [5.41, 5.74) is 0.762. The molecule has 0 aliphatic carbocycles. The van der Waals surface area contributed by atoms with Crippen LogP contribution >= 0.6 is 15.9 Å². The van der Waals surface area contributed by atoms with Gasteiger partial charge in [0.1, 0.15) is 6.33 Å². The van der Waals surface area contributed by atoms with E-state index in [-0.39, 0.29) is 6.01 Å². The molecule has 13 heavy (non-hydrogen) atoms. The number of benzene rings is 1. The van der Waals surface area contributed by atoms with Crippen molar-refractivity contribution in [1.82, 2.24) is 14.8 Å². The van der Waals surface area contributed by atoms with Crippen LogP contribution in [-0.2, 0) is 5.11 Å². The van der Waals surface area contributed by atoms with Crippen LogP contribution in [0.5, 0.6) is 6.01 Å². The molecule has 2 rings (SSSR count). The summed E-state index contributed by atoms with van der Waals surface area (Å²) < 4.78 is 2.35. The minimum Gasteiger partial charge on any atom is -0.248 e. The Balaban J connectivity index is 2.47. The molecule has 0 saturated carbocycles. The van der Waals surface area contributed by atoms with Crippen LogP contribution < -0.4 is 0 Å². The molecular weight excluding hydrogens is 234 g/mol. The smallest absolute Gasteiger partial charge is 0.248 e. The van der Waals surface area contributed by atoms with Gasteiger partial charge in [0, 0.05) is 4.47 Å². The molecule has 0 bridgehead atoms. The van der Waals surface area contributed by atoms with E-state index in [0.717, 1.165) is 10.2 Å². The lowest BCUT2D eigenvalue weighted by Crippen LogP contribution is -1.89. The van der Waals surface area contributed by atoms with Crippen LogP contribution in [0, 0.1) is 0 Å². The SMILES string of the molecule is [O]c1nncn1-c1ccc(Br)cc1. The second kappa shape index (κ2) is 3.18. The molecule has 1 radical (unpaired) electrons. The van der Waals surface area contributed by atoms with E-state index in [1.165, 1.54) is 10.9 Å². The third-order valence-electron chi connectivity index (χ3n) is 1.62. The van der Waals surface area contributed by atoms with Gasteiger partial charge >= 0.3 is 6.01 Å². The van der Waals surface area contributed by atoms with Crippen molar-refractivity contribution in [2.75, 3.05) is 0 Å². The topological polar surface area (TPSA) is 50.6 Å². The highest BCUT2D eigenvalue weighted by molar-refractivity contribution is 9.10. The van der Waals surface area contributed by atoms with Gasteiger partial charge in [0.25, 0.3) is 0 Å². The van der Waals surface area contributed by atoms with Crippen molar-refractivity contribution in [1.29, 1.82) is 0 Å². The molecule has 1 heterocycles. The maximum Gasteiger partial charge on any atom is 0.372 e. The third-order valence-corrected chi connectivity index (χ3v) is 2.15.